The van der Waals surface area contributed by atoms with Gasteiger partial charge in [-0.05, 0) is 44.5 Å². The molecule has 4 atom stereocenters. The summed E-state index contributed by atoms with van der Waals surface area (Å²) in [5.41, 5.74) is 8.43. The molecule has 280 valence electrons. The largest absolute Gasteiger partial charge is 0.121 e. The topological polar surface area (TPSA) is 0 Å². The van der Waals surface area contributed by atoms with Crippen LogP contribution in [-0.2, 0) is 20.6 Å². The van der Waals surface area contributed by atoms with Crippen molar-refractivity contribution < 1.29 is 0 Å². The fourth-order valence-electron chi connectivity index (χ4n) is 9.87. The Kier molecular flexibility index (Phi) is 11.3. The first-order valence-electron chi connectivity index (χ1n) is 19.4. The quantitative estimate of drug-likeness (QED) is 0.108. The van der Waals surface area contributed by atoms with E-state index in [1.54, 1.807) is 0 Å². The lowest BCUT2D eigenvalue weighted by Gasteiger charge is -2.72. The number of rotatable bonds is 12. The molecule has 0 N–H and O–H groups in total. The maximum Gasteiger partial charge on any atom is 0.0445 e. The first-order chi connectivity index (χ1) is 27.8. The fourth-order valence-corrected chi connectivity index (χ4v) is 15.1. The van der Waals surface area contributed by atoms with Crippen molar-refractivity contribution in [2.24, 2.45) is 5.41 Å². The first-order valence-corrected chi connectivity index (χ1v) is 21.7. The molecule has 0 spiro atoms. The van der Waals surface area contributed by atoms with E-state index in [-0.39, 0.29) is 0 Å². The summed E-state index contributed by atoms with van der Waals surface area (Å²) >= 11 is 0. The summed E-state index contributed by atoms with van der Waals surface area (Å²) in [6.07, 6.45) is 0. The molecule has 0 fully saturated rings. The van der Waals surface area contributed by atoms with Gasteiger partial charge >= 0.3 is 0 Å². The van der Waals surface area contributed by atoms with E-state index >= 15 is 0 Å². The zero-order valence-electron chi connectivity index (χ0n) is 31.9. The molecular weight excluding hydrogens is 760 g/mol. The van der Waals surface area contributed by atoms with Crippen LogP contribution in [0.4, 0.5) is 0 Å². The average molecular weight is 809 g/mol. The lowest BCUT2D eigenvalue weighted by atomic mass is 9.42. The molecule has 0 aliphatic heterocycles. The van der Waals surface area contributed by atoms with Gasteiger partial charge in [0.05, 0.1) is 0 Å². The van der Waals surface area contributed by atoms with Gasteiger partial charge in [0.1, 0.15) is 0 Å². The standard InChI is InChI=1S/C53H48P4/c54-49(41-25-9-1-10-26-41,42-27-11-2-12-28-42)53(50(55,43-29-13-3-14-30-43)44-31-15-4-16-32-44,51(56,45-33-17-5-18-34-45)46-35-19-6-20-36-46)52(57,47-37-21-7-22-38-47)48-39-23-8-24-40-48/h1-40H,54-57H2. The molecule has 8 rings (SSSR count). The maximum absolute atomic E-state index is 3.61. The molecular formula is C53H48P4. The highest BCUT2D eigenvalue weighted by atomic mass is 31.0. The Morgan fingerprint density at radius 3 is 0.386 bits per heavy atom. The SMILES string of the molecule is PC(c1ccccc1)(c1ccccc1)C(C(P)(c1ccccc1)c1ccccc1)(C(P)(c1ccccc1)c1ccccc1)C(P)(c1ccccc1)c1ccccc1. The van der Waals surface area contributed by atoms with Crippen LogP contribution in [0.2, 0.25) is 0 Å². The van der Waals surface area contributed by atoms with E-state index in [4.69, 9.17) is 0 Å². The van der Waals surface area contributed by atoms with Crippen LogP contribution >= 0.6 is 37.0 Å². The Labute approximate surface area is 348 Å². The number of hydrogen-bond donors (Lipinski definition) is 0. The summed E-state index contributed by atoms with van der Waals surface area (Å²) in [6, 6.07) is 89.5. The molecule has 0 bridgehead atoms. The van der Waals surface area contributed by atoms with Crippen LogP contribution < -0.4 is 0 Å². The smallest absolute Gasteiger partial charge is 0.0445 e. The summed E-state index contributed by atoms with van der Waals surface area (Å²) in [5.74, 6) is 0. The minimum atomic E-state index is -0.999. The first kappa shape index (κ1) is 39.3. The normalized spacial score (nSPS) is 12.6. The van der Waals surface area contributed by atoms with Gasteiger partial charge in [0.15, 0.2) is 0 Å². The van der Waals surface area contributed by atoms with Gasteiger partial charge in [-0.1, -0.05) is 243 Å². The second-order valence-electron chi connectivity index (χ2n) is 14.9. The predicted molar refractivity (Wildman–Crippen MR) is 256 cm³/mol. The molecule has 0 amide bonds. The Hall–Kier alpha value is -4.52. The van der Waals surface area contributed by atoms with Crippen LogP contribution in [0.5, 0.6) is 0 Å². The molecule has 0 aromatic heterocycles. The van der Waals surface area contributed by atoms with Crippen LogP contribution in [0.15, 0.2) is 243 Å². The minimum Gasteiger partial charge on any atom is -0.121 e. The Morgan fingerprint density at radius 2 is 0.281 bits per heavy atom. The van der Waals surface area contributed by atoms with Gasteiger partial charge in [-0.3, -0.25) is 0 Å². The summed E-state index contributed by atoms with van der Waals surface area (Å²) < 4.78 is 0. The molecule has 0 saturated carbocycles. The van der Waals surface area contributed by atoms with Crippen LogP contribution in [-0.4, -0.2) is 0 Å². The maximum atomic E-state index is 3.61. The monoisotopic (exact) mass is 808 g/mol. The van der Waals surface area contributed by atoms with Crippen molar-refractivity contribution in [3.63, 3.8) is 0 Å². The zero-order chi connectivity index (χ0) is 39.4. The van der Waals surface area contributed by atoms with Gasteiger partial charge in [-0.15, -0.1) is 37.0 Å². The second-order valence-corrected chi connectivity index (χ2v) is 18.4. The second kappa shape index (κ2) is 16.4. The Balaban J connectivity index is 1.81. The van der Waals surface area contributed by atoms with E-state index in [2.05, 4.69) is 280 Å². The van der Waals surface area contributed by atoms with Crippen LogP contribution in [0.25, 0.3) is 0 Å². The zero-order valence-corrected chi connectivity index (χ0v) is 36.5. The van der Waals surface area contributed by atoms with Gasteiger partial charge < -0.3 is 0 Å². The molecule has 57 heavy (non-hydrogen) atoms. The Bertz CT molecular complexity index is 1960. The van der Waals surface area contributed by atoms with E-state index in [1.165, 1.54) is 44.5 Å². The molecule has 4 heteroatoms. The van der Waals surface area contributed by atoms with Crippen molar-refractivity contribution in [3.05, 3.63) is 287 Å². The van der Waals surface area contributed by atoms with Crippen molar-refractivity contribution in [1.82, 2.24) is 0 Å². The predicted octanol–water partition coefficient (Wildman–Crippen LogP) is 13.2. The third-order valence-corrected chi connectivity index (χ3v) is 16.6. The van der Waals surface area contributed by atoms with Gasteiger partial charge in [-0.2, -0.15) is 0 Å². The average Bonchev–Trinajstić information content (AvgIpc) is 3.31. The third-order valence-electron chi connectivity index (χ3n) is 12.2. The lowest BCUT2D eigenvalue weighted by molar-refractivity contribution is 0.0721. The van der Waals surface area contributed by atoms with Crippen molar-refractivity contribution in [2.75, 3.05) is 0 Å². The van der Waals surface area contributed by atoms with Crippen LogP contribution in [0.1, 0.15) is 44.5 Å². The third kappa shape index (κ3) is 6.12. The molecule has 8 aromatic rings. The van der Waals surface area contributed by atoms with Crippen molar-refractivity contribution >= 4 is 37.0 Å². The van der Waals surface area contributed by atoms with E-state index in [0.29, 0.717) is 0 Å². The van der Waals surface area contributed by atoms with Crippen molar-refractivity contribution in [2.45, 2.75) is 20.6 Å². The highest BCUT2D eigenvalue weighted by molar-refractivity contribution is 7.24. The number of benzene rings is 8. The molecule has 0 nitrogen and oxygen atoms in total. The van der Waals surface area contributed by atoms with E-state index < -0.39 is 26.0 Å². The molecule has 4 unspecified atom stereocenters. The molecule has 0 aliphatic carbocycles. The van der Waals surface area contributed by atoms with Crippen LogP contribution in [0.3, 0.4) is 0 Å². The van der Waals surface area contributed by atoms with Gasteiger partial charge in [-0.25, -0.2) is 0 Å². The van der Waals surface area contributed by atoms with E-state index in [0.717, 1.165) is 0 Å². The van der Waals surface area contributed by atoms with Gasteiger partial charge in [0, 0.05) is 26.0 Å². The highest BCUT2D eigenvalue weighted by Crippen LogP contribution is 2.82. The molecule has 0 heterocycles. The van der Waals surface area contributed by atoms with E-state index in [9.17, 15) is 0 Å². The van der Waals surface area contributed by atoms with Gasteiger partial charge in [0.2, 0.25) is 0 Å². The van der Waals surface area contributed by atoms with Crippen LogP contribution in [0, 0.1) is 5.41 Å². The summed E-state index contributed by atoms with van der Waals surface area (Å²) in [4.78, 5) is 0. The Morgan fingerprint density at radius 1 is 0.175 bits per heavy atom. The lowest BCUT2D eigenvalue weighted by Crippen LogP contribution is -2.71. The van der Waals surface area contributed by atoms with E-state index in [1.807, 2.05) is 0 Å². The van der Waals surface area contributed by atoms with Gasteiger partial charge in [0.25, 0.3) is 0 Å². The van der Waals surface area contributed by atoms with Crippen molar-refractivity contribution in [3.8, 4) is 0 Å². The summed E-state index contributed by atoms with van der Waals surface area (Å²) in [5, 5.41) is -3.48. The minimum absolute atomic E-state index is 0.871. The molecule has 0 aliphatic rings. The fraction of sp³-hybridized carbons (Fsp3) is 0.0943. The molecule has 0 radical (unpaired) electrons. The summed E-state index contributed by atoms with van der Waals surface area (Å²) in [7, 11) is 14.5. The summed E-state index contributed by atoms with van der Waals surface area (Å²) in [6.45, 7) is 0. The molecule has 0 saturated heterocycles. The molecule has 8 aromatic carbocycles. The highest BCUT2D eigenvalue weighted by Gasteiger charge is 2.77. The number of hydrogen-bond acceptors (Lipinski definition) is 0. The van der Waals surface area contributed by atoms with Crippen molar-refractivity contribution in [1.29, 1.82) is 0 Å².